The van der Waals surface area contributed by atoms with Crippen LogP contribution >= 0.6 is 0 Å². The van der Waals surface area contributed by atoms with E-state index in [1.54, 1.807) is 26.0 Å². The number of hydrogen-bond donors (Lipinski definition) is 1. The number of aromatic nitrogens is 3. The van der Waals surface area contributed by atoms with Gasteiger partial charge in [0.25, 0.3) is 0 Å². The zero-order chi connectivity index (χ0) is 19.6. The lowest BCUT2D eigenvalue weighted by Crippen LogP contribution is -2.34. The summed E-state index contributed by atoms with van der Waals surface area (Å²) in [5, 5.41) is 6.67. The van der Waals surface area contributed by atoms with Gasteiger partial charge in [-0.25, -0.2) is 13.6 Å². The van der Waals surface area contributed by atoms with Gasteiger partial charge in [0.05, 0.1) is 11.7 Å². The van der Waals surface area contributed by atoms with Gasteiger partial charge in [-0.2, -0.15) is 9.78 Å². The smallest absolute Gasteiger partial charge is 0.348 e. The van der Waals surface area contributed by atoms with Crippen molar-refractivity contribution in [3.63, 3.8) is 0 Å². The molecule has 0 radical (unpaired) electrons. The van der Waals surface area contributed by atoms with Gasteiger partial charge in [-0.15, -0.1) is 0 Å². The molecule has 0 unspecified atom stereocenters. The Morgan fingerprint density at radius 1 is 1.19 bits per heavy atom. The van der Waals surface area contributed by atoms with Crippen molar-refractivity contribution in [3.8, 4) is 5.69 Å². The normalized spacial score (nSPS) is 12.0. The van der Waals surface area contributed by atoms with Crippen molar-refractivity contribution in [2.24, 2.45) is 0 Å². The highest BCUT2D eigenvalue weighted by molar-refractivity contribution is 5.76. The van der Waals surface area contributed by atoms with Crippen LogP contribution in [-0.4, -0.2) is 20.3 Å². The van der Waals surface area contributed by atoms with Gasteiger partial charge in [0, 0.05) is 0 Å². The van der Waals surface area contributed by atoms with E-state index in [0.717, 1.165) is 9.25 Å². The number of carbonyl (C=O) groups excluding carboxylic acids is 1. The fourth-order valence-electron chi connectivity index (χ4n) is 2.61. The fraction of sp³-hybridized carbons (Fsp3) is 0.211. The van der Waals surface area contributed by atoms with E-state index in [1.165, 1.54) is 36.7 Å². The highest BCUT2D eigenvalue weighted by atomic mass is 19.1. The maximum Gasteiger partial charge on any atom is 0.350 e. The summed E-state index contributed by atoms with van der Waals surface area (Å²) in [7, 11) is 0. The lowest BCUT2D eigenvalue weighted by molar-refractivity contribution is -0.122. The first-order chi connectivity index (χ1) is 12.8. The maximum atomic E-state index is 13.7. The quantitative estimate of drug-likeness (QED) is 0.748. The van der Waals surface area contributed by atoms with E-state index in [9.17, 15) is 18.4 Å². The van der Waals surface area contributed by atoms with Gasteiger partial charge in [0.15, 0.2) is 0 Å². The van der Waals surface area contributed by atoms with Crippen molar-refractivity contribution < 1.29 is 13.6 Å². The van der Waals surface area contributed by atoms with E-state index >= 15 is 0 Å². The molecule has 0 saturated carbocycles. The number of carbonyl (C=O) groups is 1. The van der Waals surface area contributed by atoms with Crippen LogP contribution in [0.5, 0.6) is 0 Å². The van der Waals surface area contributed by atoms with Crippen LogP contribution in [-0.2, 0) is 11.3 Å². The molecule has 0 aliphatic heterocycles. The molecule has 3 aromatic rings. The van der Waals surface area contributed by atoms with Crippen molar-refractivity contribution >= 4 is 5.91 Å². The van der Waals surface area contributed by atoms with Crippen molar-refractivity contribution in [1.82, 2.24) is 19.7 Å². The Bertz CT molecular complexity index is 1020. The van der Waals surface area contributed by atoms with Gasteiger partial charge in [0.1, 0.15) is 24.5 Å². The molecule has 0 saturated heterocycles. The predicted octanol–water partition coefficient (Wildman–Crippen LogP) is 2.50. The molecule has 0 aliphatic rings. The predicted molar refractivity (Wildman–Crippen MR) is 95.5 cm³/mol. The van der Waals surface area contributed by atoms with Crippen molar-refractivity contribution in [3.05, 3.63) is 82.0 Å². The summed E-state index contributed by atoms with van der Waals surface area (Å²) in [5.74, 6) is -1.18. The molecule has 0 bridgehead atoms. The zero-order valence-corrected chi connectivity index (χ0v) is 14.8. The third-order valence-corrected chi connectivity index (χ3v) is 4.19. The first-order valence-corrected chi connectivity index (χ1v) is 8.31. The average molecular weight is 372 g/mol. The molecule has 27 heavy (non-hydrogen) atoms. The van der Waals surface area contributed by atoms with E-state index in [1.807, 2.05) is 0 Å². The van der Waals surface area contributed by atoms with E-state index in [4.69, 9.17) is 0 Å². The SMILES string of the molecule is Cc1ccc([C@H](C)NC(=O)Cn2cnn(-c3ccc(F)cc3)c2=O)cc1F. The standard InChI is InChI=1S/C19H18F2N4O2/c1-12-3-4-14(9-17(12)21)13(2)23-18(26)10-24-11-22-25(19(24)27)16-7-5-15(20)6-8-16/h3-9,11,13H,10H2,1-2H3,(H,23,26)/t13-/m0/s1. The molecule has 0 fully saturated rings. The summed E-state index contributed by atoms with van der Waals surface area (Å²) in [4.78, 5) is 24.6. The van der Waals surface area contributed by atoms with Crippen LogP contribution in [0.4, 0.5) is 8.78 Å². The van der Waals surface area contributed by atoms with Crippen LogP contribution in [0.3, 0.4) is 0 Å². The molecule has 0 aliphatic carbocycles. The topological polar surface area (TPSA) is 68.9 Å². The summed E-state index contributed by atoms with van der Waals surface area (Å²) in [6, 6.07) is 9.61. The number of hydrogen-bond acceptors (Lipinski definition) is 3. The summed E-state index contributed by atoms with van der Waals surface area (Å²) in [6.45, 7) is 3.15. The van der Waals surface area contributed by atoms with E-state index in [0.29, 0.717) is 16.8 Å². The Kier molecular flexibility index (Phi) is 5.16. The summed E-state index contributed by atoms with van der Waals surface area (Å²) in [6.07, 6.45) is 1.24. The Morgan fingerprint density at radius 2 is 1.89 bits per heavy atom. The molecule has 1 amide bonds. The lowest BCUT2D eigenvalue weighted by atomic mass is 10.1. The summed E-state index contributed by atoms with van der Waals surface area (Å²) in [5.41, 5.74) is 1.02. The molecule has 140 valence electrons. The molecule has 1 aromatic heterocycles. The third kappa shape index (κ3) is 4.11. The zero-order valence-electron chi connectivity index (χ0n) is 14.8. The number of benzene rings is 2. The largest absolute Gasteiger partial charge is 0.350 e. The number of rotatable bonds is 5. The molecule has 8 heteroatoms. The van der Waals surface area contributed by atoms with Crippen molar-refractivity contribution in [2.45, 2.75) is 26.4 Å². The second-order valence-corrected chi connectivity index (χ2v) is 6.23. The van der Waals surface area contributed by atoms with Gasteiger partial charge in [0.2, 0.25) is 5.91 Å². The number of amides is 1. The Labute approximate surface area is 154 Å². The van der Waals surface area contributed by atoms with E-state index in [-0.39, 0.29) is 12.4 Å². The second kappa shape index (κ2) is 7.53. The number of nitrogens with zero attached hydrogens (tertiary/aromatic N) is 3. The average Bonchev–Trinajstić information content (AvgIpc) is 2.98. The van der Waals surface area contributed by atoms with Crippen LogP contribution in [0.2, 0.25) is 0 Å². The minimum Gasteiger partial charge on any atom is -0.348 e. The minimum absolute atomic E-state index is 0.237. The molecule has 1 atom stereocenters. The van der Waals surface area contributed by atoms with E-state index in [2.05, 4.69) is 10.4 Å². The molecule has 1 heterocycles. The van der Waals surface area contributed by atoms with Gasteiger partial charge >= 0.3 is 5.69 Å². The lowest BCUT2D eigenvalue weighted by Gasteiger charge is -2.15. The van der Waals surface area contributed by atoms with Crippen LogP contribution in [0.15, 0.2) is 53.6 Å². The number of halogens is 2. The van der Waals surface area contributed by atoms with Crippen LogP contribution in [0.25, 0.3) is 5.69 Å². The first kappa shape index (κ1) is 18.5. The van der Waals surface area contributed by atoms with Gasteiger partial charge in [-0.05, 0) is 55.3 Å². The highest BCUT2D eigenvalue weighted by Gasteiger charge is 2.14. The third-order valence-electron chi connectivity index (χ3n) is 4.19. The highest BCUT2D eigenvalue weighted by Crippen LogP contribution is 2.16. The molecular weight excluding hydrogens is 354 g/mol. The second-order valence-electron chi connectivity index (χ2n) is 6.23. The number of nitrogens with one attached hydrogen (secondary N) is 1. The Balaban J connectivity index is 1.70. The molecule has 3 rings (SSSR count). The first-order valence-electron chi connectivity index (χ1n) is 8.31. The van der Waals surface area contributed by atoms with Crippen LogP contribution in [0.1, 0.15) is 24.1 Å². The number of aryl methyl sites for hydroxylation is 1. The van der Waals surface area contributed by atoms with Crippen molar-refractivity contribution in [1.29, 1.82) is 0 Å². The Hall–Kier alpha value is -3.29. The molecular formula is C19H18F2N4O2. The van der Waals surface area contributed by atoms with Gasteiger partial charge < -0.3 is 5.32 Å². The van der Waals surface area contributed by atoms with E-state index < -0.39 is 23.5 Å². The molecule has 6 nitrogen and oxygen atoms in total. The summed E-state index contributed by atoms with van der Waals surface area (Å²) >= 11 is 0. The molecule has 2 aromatic carbocycles. The minimum atomic E-state index is -0.522. The monoisotopic (exact) mass is 372 g/mol. The summed E-state index contributed by atoms with van der Waals surface area (Å²) < 4.78 is 28.9. The Morgan fingerprint density at radius 3 is 2.56 bits per heavy atom. The van der Waals surface area contributed by atoms with Crippen LogP contribution < -0.4 is 11.0 Å². The van der Waals surface area contributed by atoms with Gasteiger partial charge in [-0.1, -0.05) is 12.1 Å². The molecule has 1 N–H and O–H groups in total. The van der Waals surface area contributed by atoms with Crippen molar-refractivity contribution in [2.75, 3.05) is 0 Å². The van der Waals surface area contributed by atoms with Gasteiger partial charge in [-0.3, -0.25) is 9.36 Å². The van der Waals surface area contributed by atoms with Crippen LogP contribution in [0, 0.1) is 18.6 Å². The maximum absolute atomic E-state index is 13.7. The molecule has 0 spiro atoms. The fourth-order valence-corrected chi connectivity index (χ4v) is 2.61.